The van der Waals surface area contributed by atoms with E-state index in [1.807, 2.05) is 0 Å². The van der Waals surface area contributed by atoms with Crippen LogP contribution in [0.4, 0.5) is 5.69 Å². The molecule has 0 saturated heterocycles. The predicted octanol–water partition coefficient (Wildman–Crippen LogP) is -0.757. The van der Waals surface area contributed by atoms with E-state index in [1.54, 1.807) is 19.1 Å². The van der Waals surface area contributed by atoms with E-state index in [-0.39, 0.29) is 0 Å². The topological polar surface area (TPSA) is 69.6 Å². The second-order valence-corrected chi connectivity index (χ2v) is 2.71. The fourth-order valence-electron chi connectivity index (χ4n) is 1.08. The summed E-state index contributed by atoms with van der Waals surface area (Å²) < 4.78 is 0. The van der Waals surface area contributed by atoms with Gasteiger partial charge in [0.15, 0.2) is 0 Å². The molecule has 0 radical (unpaired) electrons. The van der Waals surface area contributed by atoms with Crippen LogP contribution in [0.3, 0.4) is 0 Å². The summed E-state index contributed by atoms with van der Waals surface area (Å²) in [4.78, 5) is 10.1. The molecule has 0 atom stereocenters. The Morgan fingerprint density at radius 2 is 2.15 bits per heavy atom. The summed E-state index contributed by atoms with van der Waals surface area (Å²) in [5, 5.41) is 20.3. The number of aryl methyl sites for hydroxylation is 1. The molecule has 3 N–H and O–H groups in total. The lowest BCUT2D eigenvalue weighted by molar-refractivity contribution is -0.105. The first kappa shape index (κ1) is 9.76. The van der Waals surface area contributed by atoms with Crippen molar-refractivity contribution in [3.63, 3.8) is 0 Å². The first-order chi connectivity index (χ1) is 6.15. The van der Waals surface area contributed by atoms with E-state index in [9.17, 15) is 4.79 Å². The molecule has 0 unspecified atom stereocenters. The minimum Gasteiger partial charge on any atom is -0.423 e. The van der Waals surface area contributed by atoms with Gasteiger partial charge >= 0.3 is 7.12 Å². The van der Waals surface area contributed by atoms with E-state index < -0.39 is 7.12 Å². The molecule has 13 heavy (non-hydrogen) atoms. The molecule has 4 nitrogen and oxygen atoms in total. The molecule has 1 aromatic carbocycles. The highest BCUT2D eigenvalue weighted by molar-refractivity contribution is 6.59. The van der Waals surface area contributed by atoms with Crippen LogP contribution in [0.25, 0.3) is 0 Å². The molecule has 0 aromatic heterocycles. The zero-order chi connectivity index (χ0) is 9.84. The lowest BCUT2D eigenvalue weighted by Gasteiger charge is -2.06. The molecular weight excluding hydrogens is 169 g/mol. The van der Waals surface area contributed by atoms with Gasteiger partial charge in [-0.3, -0.25) is 4.79 Å². The monoisotopic (exact) mass is 179 g/mol. The second kappa shape index (κ2) is 4.07. The lowest BCUT2D eigenvalue weighted by atomic mass is 9.77. The van der Waals surface area contributed by atoms with Crippen molar-refractivity contribution in [1.29, 1.82) is 0 Å². The van der Waals surface area contributed by atoms with E-state index in [1.165, 1.54) is 6.07 Å². The highest BCUT2D eigenvalue weighted by atomic mass is 16.4. The molecule has 68 valence electrons. The van der Waals surface area contributed by atoms with Gasteiger partial charge in [0.1, 0.15) is 0 Å². The number of rotatable bonds is 3. The summed E-state index contributed by atoms with van der Waals surface area (Å²) in [6.45, 7) is 1.76. The van der Waals surface area contributed by atoms with Crippen LogP contribution in [0.1, 0.15) is 5.56 Å². The van der Waals surface area contributed by atoms with Gasteiger partial charge in [-0.1, -0.05) is 11.6 Å². The summed E-state index contributed by atoms with van der Waals surface area (Å²) in [6.07, 6.45) is 0.540. The number of hydrogen-bond donors (Lipinski definition) is 3. The van der Waals surface area contributed by atoms with Gasteiger partial charge in [0.05, 0.1) is 0 Å². The third-order valence-corrected chi connectivity index (χ3v) is 1.78. The Balaban J connectivity index is 3.03. The van der Waals surface area contributed by atoms with E-state index >= 15 is 0 Å². The number of amides is 1. The minimum atomic E-state index is -1.51. The molecule has 1 rings (SSSR count). The van der Waals surface area contributed by atoms with Crippen molar-refractivity contribution in [2.45, 2.75) is 6.92 Å². The van der Waals surface area contributed by atoms with E-state index in [2.05, 4.69) is 5.32 Å². The van der Waals surface area contributed by atoms with Gasteiger partial charge in [0.2, 0.25) is 6.41 Å². The summed E-state index contributed by atoms with van der Waals surface area (Å²) >= 11 is 0. The van der Waals surface area contributed by atoms with Crippen LogP contribution < -0.4 is 10.8 Å². The molecule has 0 aliphatic rings. The quantitative estimate of drug-likeness (QED) is 0.422. The molecule has 0 heterocycles. The van der Waals surface area contributed by atoms with Gasteiger partial charge in [-0.25, -0.2) is 0 Å². The highest BCUT2D eigenvalue weighted by Crippen LogP contribution is 2.05. The molecule has 5 heteroatoms. The van der Waals surface area contributed by atoms with Crippen molar-refractivity contribution < 1.29 is 14.8 Å². The van der Waals surface area contributed by atoms with Gasteiger partial charge in [-0.05, 0) is 24.5 Å². The smallest absolute Gasteiger partial charge is 0.423 e. The summed E-state index contributed by atoms with van der Waals surface area (Å²) in [5.41, 5.74) is 1.71. The lowest BCUT2D eigenvalue weighted by Crippen LogP contribution is -2.32. The van der Waals surface area contributed by atoms with Crippen LogP contribution in [-0.2, 0) is 4.79 Å². The molecule has 0 aliphatic carbocycles. The molecular formula is C8H10BNO3. The van der Waals surface area contributed by atoms with E-state index in [4.69, 9.17) is 10.0 Å². The van der Waals surface area contributed by atoms with Gasteiger partial charge in [-0.15, -0.1) is 0 Å². The Morgan fingerprint density at radius 1 is 1.46 bits per heavy atom. The average molecular weight is 179 g/mol. The third kappa shape index (κ3) is 2.30. The van der Waals surface area contributed by atoms with Crippen molar-refractivity contribution in [3.8, 4) is 0 Å². The predicted molar refractivity (Wildman–Crippen MR) is 50.7 cm³/mol. The molecule has 1 aromatic rings. The number of nitrogens with one attached hydrogen (secondary N) is 1. The van der Waals surface area contributed by atoms with Crippen molar-refractivity contribution >= 4 is 24.7 Å². The van der Waals surface area contributed by atoms with Crippen LogP contribution in [0.2, 0.25) is 0 Å². The Bertz CT molecular complexity index is 314. The number of anilines is 1. The Labute approximate surface area is 76.4 Å². The first-order valence-electron chi connectivity index (χ1n) is 3.82. The third-order valence-electron chi connectivity index (χ3n) is 1.78. The van der Waals surface area contributed by atoms with Crippen molar-refractivity contribution in [2.24, 2.45) is 0 Å². The Kier molecular flexibility index (Phi) is 3.05. The second-order valence-electron chi connectivity index (χ2n) is 2.71. The van der Waals surface area contributed by atoms with E-state index in [0.717, 1.165) is 5.56 Å². The molecule has 0 saturated carbocycles. The van der Waals surface area contributed by atoms with Crippen LogP contribution in [0, 0.1) is 6.92 Å². The molecule has 0 fully saturated rings. The Hall–Kier alpha value is -1.33. The fourth-order valence-corrected chi connectivity index (χ4v) is 1.08. The van der Waals surface area contributed by atoms with Gasteiger partial charge in [-0.2, -0.15) is 0 Å². The van der Waals surface area contributed by atoms with E-state index in [0.29, 0.717) is 17.6 Å². The van der Waals surface area contributed by atoms with Crippen LogP contribution in [-0.4, -0.2) is 23.6 Å². The normalized spacial score (nSPS) is 9.46. The number of carbonyl (C=O) groups excluding carboxylic acids is 1. The maximum atomic E-state index is 10.1. The van der Waals surface area contributed by atoms with Gasteiger partial charge in [0.25, 0.3) is 0 Å². The zero-order valence-electron chi connectivity index (χ0n) is 7.19. The zero-order valence-corrected chi connectivity index (χ0v) is 7.19. The van der Waals surface area contributed by atoms with Crippen LogP contribution >= 0.6 is 0 Å². The average Bonchev–Trinajstić information content (AvgIpc) is 2.08. The largest absolute Gasteiger partial charge is 0.488 e. The molecule has 1 amide bonds. The number of carbonyl (C=O) groups is 1. The van der Waals surface area contributed by atoms with Crippen molar-refractivity contribution in [2.75, 3.05) is 5.32 Å². The summed E-state index contributed by atoms with van der Waals surface area (Å²) in [5.74, 6) is 0. The first-order valence-corrected chi connectivity index (χ1v) is 3.82. The highest BCUT2D eigenvalue weighted by Gasteiger charge is 2.13. The number of hydrogen-bond acceptors (Lipinski definition) is 3. The van der Waals surface area contributed by atoms with Crippen LogP contribution in [0.5, 0.6) is 0 Å². The summed E-state index contributed by atoms with van der Waals surface area (Å²) in [7, 11) is -1.51. The van der Waals surface area contributed by atoms with Gasteiger partial charge in [0, 0.05) is 5.69 Å². The standard InChI is InChI=1S/C8H10BNO3/c1-6-2-3-7(10-5-11)4-8(6)9(12)13/h2-5,12-13H,1H3,(H,10,11). The molecule has 0 spiro atoms. The maximum Gasteiger partial charge on any atom is 0.488 e. The maximum absolute atomic E-state index is 10.1. The molecule has 0 bridgehead atoms. The minimum absolute atomic E-state index is 0.395. The fraction of sp³-hybridized carbons (Fsp3) is 0.125. The van der Waals surface area contributed by atoms with Crippen molar-refractivity contribution in [1.82, 2.24) is 0 Å². The SMILES string of the molecule is Cc1ccc(NC=O)cc1B(O)O. The summed E-state index contributed by atoms with van der Waals surface area (Å²) in [6, 6.07) is 4.92. The van der Waals surface area contributed by atoms with Crippen molar-refractivity contribution in [3.05, 3.63) is 23.8 Å². The van der Waals surface area contributed by atoms with Gasteiger partial charge < -0.3 is 15.4 Å². The number of benzene rings is 1. The molecule has 0 aliphatic heterocycles. The van der Waals surface area contributed by atoms with Crippen LogP contribution in [0.15, 0.2) is 18.2 Å². The Morgan fingerprint density at radius 3 is 2.69 bits per heavy atom.